The van der Waals surface area contributed by atoms with Gasteiger partial charge in [0.15, 0.2) is 5.17 Å². The molecule has 0 fully saturated rings. The summed E-state index contributed by atoms with van der Waals surface area (Å²) in [6.07, 6.45) is 1.81. The van der Waals surface area contributed by atoms with E-state index >= 15 is 0 Å². The van der Waals surface area contributed by atoms with Gasteiger partial charge in [-0.2, -0.15) is 4.99 Å². The molecule has 6 heteroatoms. The molecule has 1 amide bonds. The quantitative estimate of drug-likeness (QED) is 0.551. The molecule has 1 N–H and O–H groups in total. The van der Waals surface area contributed by atoms with Crippen molar-refractivity contribution in [3.8, 4) is 0 Å². The Bertz CT molecular complexity index is 1320. The highest BCUT2D eigenvalue weighted by molar-refractivity contribution is 8.17. The molecule has 0 atom stereocenters. The van der Waals surface area contributed by atoms with E-state index < -0.39 is 0 Å². The zero-order valence-electron chi connectivity index (χ0n) is 17.9. The number of aromatic nitrogens is 1. The summed E-state index contributed by atoms with van der Waals surface area (Å²) in [7, 11) is 0. The lowest BCUT2D eigenvalue weighted by Crippen LogP contribution is -2.38. The summed E-state index contributed by atoms with van der Waals surface area (Å²) in [6.45, 7) is 4.88. The van der Waals surface area contributed by atoms with E-state index in [2.05, 4.69) is 41.6 Å². The first-order valence-corrected chi connectivity index (χ1v) is 11.3. The van der Waals surface area contributed by atoms with E-state index in [1.54, 1.807) is 11.0 Å². The molecule has 1 aromatic heterocycles. The van der Waals surface area contributed by atoms with Crippen molar-refractivity contribution in [2.75, 3.05) is 0 Å². The van der Waals surface area contributed by atoms with Crippen LogP contribution in [-0.4, -0.2) is 26.4 Å². The van der Waals surface area contributed by atoms with E-state index in [0.29, 0.717) is 10.7 Å². The number of nitrogens with zero attached hydrogens (tertiary/aromatic N) is 3. The van der Waals surface area contributed by atoms with E-state index in [-0.39, 0.29) is 11.7 Å². The fourth-order valence-corrected chi connectivity index (χ4v) is 4.94. The molecule has 0 radical (unpaired) electrons. The number of nitrogens with one attached hydrogen (secondary N) is 1. The van der Waals surface area contributed by atoms with Crippen LogP contribution < -0.4 is 0 Å². The fraction of sp³-hybridized carbons (Fsp3) is 0.115. The summed E-state index contributed by atoms with van der Waals surface area (Å²) in [5, 5.41) is 11.3. The maximum absolute atomic E-state index is 12.8. The van der Waals surface area contributed by atoms with Gasteiger partial charge >= 0.3 is 0 Å². The van der Waals surface area contributed by atoms with Crippen molar-refractivity contribution in [1.82, 2.24) is 9.47 Å². The third kappa shape index (κ3) is 3.52. The lowest BCUT2D eigenvalue weighted by molar-refractivity contribution is -0.114. The molecule has 0 saturated carbocycles. The molecule has 32 heavy (non-hydrogen) atoms. The number of hydrogen-bond acceptors (Lipinski definition) is 3. The van der Waals surface area contributed by atoms with Gasteiger partial charge in [-0.05, 0) is 42.7 Å². The molecular weight excluding hydrogens is 416 g/mol. The van der Waals surface area contributed by atoms with Gasteiger partial charge in [-0.1, -0.05) is 72.4 Å². The Kier molecular flexibility index (Phi) is 5.15. The SMILES string of the molecule is Cc1cc(/C=C2/C(=N)N3C(c4ccccc4)=CSC3=NC2=O)c(C)n1Cc1ccccc1. The second-order valence-corrected chi connectivity index (χ2v) is 8.66. The molecule has 5 rings (SSSR count). The number of rotatable bonds is 4. The first kappa shape index (κ1) is 20.3. The van der Waals surface area contributed by atoms with Crippen LogP contribution in [0.1, 0.15) is 28.1 Å². The van der Waals surface area contributed by atoms with Crippen LogP contribution in [0.25, 0.3) is 11.8 Å². The summed E-state index contributed by atoms with van der Waals surface area (Å²) in [5.74, 6) is -0.211. The number of benzene rings is 2. The Labute approximate surface area is 191 Å². The maximum Gasteiger partial charge on any atom is 0.283 e. The molecule has 5 nitrogen and oxygen atoms in total. The average Bonchev–Trinajstić information content (AvgIpc) is 3.34. The van der Waals surface area contributed by atoms with E-state index in [1.807, 2.05) is 53.9 Å². The van der Waals surface area contributed by atoms with Crippen molar-refractivity contribution in [1.29, 1.82) is 5.41 Å². The number of carbonyl (C=O) groups excluding carboxylic acids is 1. The standard InChI is InChI=1S/C26H22N4OS/c1-17-13-21(18(2)29(17)15-19-9-5-3-6-10-19)14-22-24(27)30-23(20-11-7-4-8-12-20)16-32-26(30)28-25(22)31/h3-14,16,27H,15H2,1-2H3/b22-14-,27-24?. The second kappa shape index (κ2) is 8.13. The van der Waals surface area contributed by atoms with Crippen LogP contribution in [0.15, 0.2) is 82.7 Å². The van der Waals surface area contributed by atoms with Gasteiger partial charge in [-0.15, -0.1) is 0 Å². The average molecular weight is 439 g/mol. The molecule has 0 aliphatic carbocycles. The fourth-order valence-electron chi connectivity index (χ4n) is 4.05. The van der Waals surface area contributed by atoms with Gasteiger partial charge in [-0.3, -0.25) is 15.1 Å². The lowest BCUT2D eigenvalue weighted by Gasteiger charge is -2.26. The number of aliphatic imine (C=N–C) groups is 1. The predicted octanol–water partition coefficient (Wildman–Crippen LogP) is 5.46. The minimum atomic E-state index is -0.371. The van der Waals surface area contributed by atoms with Gasteiger partial charge in [0.2, 0.25) is 0 Å². The number of carbonyl (C=O) groups is 1. The smallest absolute Gasteiger partial charge is 0.283 e. The monoisotopic (exact) mass is 438 g/mol. The molecule has 0 saturated heterocycles. The van der Waals surface area contributed by atoms with Gasteiger partial charge in [0.1, 0.15) is 5.84 Å². The number of amides is 1. The van der Waals surface area contributed by atoms with Gasteiger partial charge in [0, 0.05) is 23.3 Å². The first-order valence-electron chi connectivity index (χ1n) is 10.4. The highest BCUT2D eigenvalue weighted by Gasteiger charge is 2.36. The van der Waals surface area contributed by atoms with Crippen LogP contribution in [0.2, 0.25) is 0 Å². The van der Waals surface area contributed by atoms with Crippen molar-refractivity contribution < 1.29 is 4.79 Å². The molecule has 0 bridgehead atoms. The van der Waals surface area contributed by atoms with Crippen LogP contribution in [0.5, 0.6) is 0 Å². The molecule has 3 heterocycles. The Hall–Kier alpha value is -3.64. The molecule has 158 valence electrons. The largest absolute Gasteiger partial charge is 0.344 e. The second-order valence-electron chi connectivity index (χ2n) is 7.83. The summed E-state index contributed by atoms with van der Waals surface area (Å²) >= 11 is 1.38. The minimum Gasteiger partial charge on any atom is -0.344 e. The van der Waals surface area contributed by atoms with Crippen molar-refractivity contribution in [2.45, 2.75) is 20.4 Å². The van der Waals surface area contributed by atoms with Gasteiger partial charge < -0.3 is 4.57 Å². The van der Waals surface area contributed by atoms with E-state index in [9.17, 15) is 4.79 Å². The molecule has 0 spiro atoms. The van der Waals surface area contributed by atoms with E-state index in [0.717, 1.165) is 34.8 Å². The van der Waals surface area contributed by atoms with E-state index in [4.69, 9.17) is 5.41 Å². The van der Waals surface area contributed by atoms with Crippen molar-refractivity contribution >= 4 is 40.4 Å². The Morgan fingerprint density at radius 1 is 1.03 bits per heavy atom. The van der Waals surface area contributed by atoms with Gasteiger partial charge in [-0.25, -0.2) is 0 Å². The van der Waals surface area contributed by atoms with Crippen LogP contribution in [0, 0.1) is 19.3 Å². The molecule has 2 aliphatic rings. The topological polar surface area (TPSA) is 61.5 Å². The molecule has 0 unspecified atom stereocenters. The molecule has 2 aliphatic heterocycles. The summed E-state index contributed by atoms with van der Waals surface area (Å²) in [4.78, 5) is 18.9. The van der Waals surface area contributed by atoms with E-state index in [1.165, 1.54) is 17.3 Å². The minimum absolute atomic E-state index is 0.160. The Morgan fingerprint density at radius 2 is 1.72 bits per heavy atom. The van der Waals surface area contributed by atoms with Crippen LogP contribution >= 0.6 is 11.8 Å². The van der Waals surface area contributed by atoms with Crippen molar-refractivity contribution in [3.05, 3.63) is 106 Å². The number of hydrogen-bond donors (Lipinski definition) is 1. The zero-order chi connectivity index (χ0) is 22.2. The summed E-state index contributed by atoms with van der Waals surface area (Å²) in [5.41, 5.74) is 6.48. The molecule has 3 aromatic rings. The predicted molar refractivity (Wildman–Crippen MR) is 131 cm³/mol. The third-order valence-corrected chi connectivity index (χ3v) is 6.61. The molecule has 2 aromatic carbocycles. The number of thioether (sulfide) groups is 1. The van der Waals surface area contributed by atoms with Crippen molar-refractivity contribution in [3.63, 3.8) is 0 Å². The van der Waals surface area contributed by atoms with Crippen LogP contribution in [-0.2, 0) is 11.3 Å². The van der Waals surface area contributed by atoms with Crippen LogP contribution in [0.3, 0.4) is 0 Å². The highest BCUT2D eigenvalue weighted by Crippen LogP contribution is 2.37. The highest BCUT2D eigenvalue weighted by atomic mass is 32.2. The maximum atomic E-state index is 12.8. The number of aryl methyl sites for hydroxylation is 1. The molecular formula is C26H22N4OS. The Balaban J connectivity index is 1.50. The van der Waals surface area contributed by atoms with Crippen molar-refractivity contribution in [2.24, 2.45) is 4.99 Å². The lowest BCUT2D eigenvalue weighted by atomic mass is 10.1. The van der Waals surface area contributed by atoms with Gasteiger partial charge in [0.25, 0.3) is 5.91 Å². The normalized spacial score (nSPS) is 16.9. The van der Waals surface area contributed by atoms with Crippen LogP contribution in [0.4, 0.5) is 0 Å². The zero-order valence-corrected chi connectivity index (χ0v) is 18.7. The van der Waals surface area contributed by atoms with Gasteiger partial charge in [0.05, 0.1) is 11.3 Å². The summed E-state index contributed by atoms with van der Waals surface area (Å²) < 4.78 is 2.23. The number of fused-ring (bicyclic) bond motifs is 1. The Morgan fingerprint density at radius 3 is 2.44 bits per heavy atom. The first-order chi connectivity index (χ1) is 15.5. The number of amidine groups is 2. The third-order valence-electron chi connectivity index (χ3n) is 5.78. The summed E-state index contributed by atoms with van der Waals surface area (Å²) in [6, 6.07) is 22.3.